The number of ether oxygens (including phenoxy) is 1. The zero-order chi connectivity index (χ0) is 28.6. The van der Waals surface area contributed by atoms with Gasteiger partial charge in [0.15, 0.2) is 0 Å². The molecule has 0 aromatic heterocycles. The average Bonchev–Trinajstić information content (AvgIpc) is 2.97. The van der Waals surface area contributed by atoms with Gasteiger partial charge in [0.1, 0.15) is 5.75 Å². The Bertz CT molecular complexity index is 1200. The van der Waals surface area contributed by atoms with Crippen LogP contribution in [0.1, 0.15) is 82.5 Å². The number of carbonyl (C=O) groups is 1. The average molecular weight is 566 g/mol. The molecular weight excluding hydrogens is 521 g/mol. The zero-order valence-electron chi connectivity index (χ0n) is 24.2. The maximum absolute atomic E-state index is 13.3. The highest BCUT2D eigenvalue weighted by Gasteiger charge is 2.30. The second-order valence-corrected chi connectivity index (χ2v) is 11.7. The molecule has 3 rings (SSSR count). The van der Waals surface area contributed by atoms with Gasteiger partial charge in [0.25, 0.3) is 5.91 Å². The number of carbonyl (C=O) groups excluding carboxylic acids is 1. The van der Waals surface area contributed by atoms with Crippen molar-refractivity contribution in [2.45, 2.75) is 72.1 Å². The number of unbranched alkanes of at least 4 members (excludes halogenated alkanes) is 7. The van der Waals surface area contributed by atoms with Crippen LogP contribution < -0.4 is 15.4 Å². The van der Waals surface area contributed by atoms with Gasteiger partial charge in [-0.3, -0.25) is 9.36 Å². The van der Waals surface area contributed by atoms with Gasteiger partial charge in [0, 0.05) is 5.56 Å². The Morgan fingerprint density at radius 2 is 1.25 bits per heavy atom. The van der Waals surface area contributed by atoms with E-state index in [0.29, 0.717) is 16.6 Å². The maximum Gasteiger partial charge on any atom is 0.363 e. The van der Waals surface area contributed by atoms with E-state index in [1.54, 1.807) is 50.2 Å². The van der Waals surface area contributed by atoms with Crippen LogP contribution in [0.25, 0.3) is 11.1 Å². The summed E-state index contributed by atoms with van der Waals surface area (Å²) in [6, 6.07) is 22.3. The van der Waals surface area contributed by atoms with Crippen molar-refractivity contribution in [1.29, 1.82) is 0 Å². The highest BCUT2D eigenvalue weighted by Crippen LogP contribution is 2.48. The first kappa shape index (κ1) is 31.6. The van der Waals surface area contributed by atoms with Crippen LogP contribution >= 0.6 is 7.60 Å². The molecule has 0 aliphatic rings. The first-order chi connectivity index (χ1) is 19.5. The summed E-state index contributed by atoms with van der Waals surface area (Å²) in [5.74, 6) is 0.570. The van der Waals surface area contributed by atoms with E-state index < -0.39 is 7.60 Å². The Hall–Kier alpha value is -2.92. The van der Waals surface area contributed by atoms with E-state index >= 15 is 0 Å². The summed E-state index contributed by atoms with van der Waals surface area (Å²) in [6.07, 6.45) is 10.3. The Morgan fingerprint density at radius 3 is 1.85 bits per heavy atom. The number of benzene rings is 3. The largest absolute Gasteiger partial charge is 0.494 e. The molecule has 0 aliphatic heterocycles. The van der Waals surface area contributed by atoms with E-state index in [0.717, 1.165) is 29.9 Å². The minimum Gasteiger partial charge on any atom is -0.494 e. The summed E-state index contributed by atoms with van der Waals surface area (Å²) in [4.78, 5) is 13.0. The maximum atomic E-state index is 13.3. The summed E-state index contributed by atoms with van der Waals surface area (Å²) in [6.45, 7) is 6.96. The van der Waals surface area contributed by atoms with Crippen molar-refractivity contribution in [2.24, 2.45) is 0 Å². The highest BCUT2D eigenvalue weighted by molar-refractivity contribution is 7.62. The molecule has 216 valence electrons. The van der Waals surface area contributed by atoms with Gasteiger partial charge in [-0.1, -0.05) is 88.3 Å². The van der Waals surface area contributed by atoms with E-state index in [2.05, 4.69) is 12.2 Å². The molecular formula is C33H44NO5P. The lowest BCUT2D eigenvalue weighted by Crippen LogP contribution is -2.20. The molecule has 6 nitrogen and oxygen atoms in total. The summed E-state index contributed by atoms with van der Waals surface area (Å²) in [5.41, 5.74) is 2.95. The van der Waals surface area contributed by atoms with E-state index in [1.165, 1.54) is 44.9 Å². The molecule has 0 unspecified atom stereocenters. The van der Waals surface area contributed by atoms with E-state index in [1.807, 2.05) is 36.4 Å². The van der Waals surface area contributed by atoms with Crippen molar-refractivity contribution < 1.29 is 23.1 Å². The summed E-state index contributed by atoms with van der Waals surface area (Å²) >= 11 is 0. The van der Waals surface area contributed by atoms with Crippen molar-refractivity contribution in [3.8, 4) is 16.9 Å². The lowest BCUT2D eigenvalue weighted by molar-refractivity contribution is 0.102. The van der Waals surface area contributed by atoms with Crippen LogP contribution in [0, 0.1) is 0 Å². The Kier molecular flexibility index (Phi) is 13.4. The van der Waals surface area contributed by atoms with Crippen LogP contribution in [0.3, 0.4) is 0 Å². The first-order valence-corrected chi connectivity index (χ1v) is 16.2. The monoisotopic (exact) mass is 565 g/mol. The van der Waals surface area contributed by atoms with Gasteiger partial charge in [-0.25, -0.2) is 0 Å². The molecule has 1 amide bonds. The highest BCUT2D eigenvalue weighted by atomic mass is 31.2. The first-order valence-electron chi connectivity index (χ1n) is 14.6. The number of rotatable bonds is 18. The second kappa shape index (κ2) is 17.0. The van der Waals surface area contributed by atoms with Crippen LogP contribution in [-0.2, 0) is 13.6 Å². The van der Waals surface area contributed by atoms with Crippen molar-refractivity contribution >= 4 is 24.5 Å². The van der Waals surface area contributed by atoms with Crippen molar-refractivity contribution in [1.82, 2.24) is 0 Å². The summed E-state index contributed by atoms with van der Waals surface area (Å²) in [5, 5.41) is 3.21. The third kappa shape index (κ3) is 9.62. The van der Waals surface area contributed by atoms with Gasteiger partial charge in [-0.2, -0.15) is 0 Å². The number of anilines is 1. The number of hydrogen-bond donors (Lipinski definition) is 1. The van der Waals surface area contributed by atoms with Crippen LogP contribution in [-0.4, -0.2) is 25.7 Å². The molecule has 0 atom stereocenters. The van der Waals surface area contributed by atoms with Crippen molar-refractivity contribution in [3.05, 3.63) is 78.4 Å². The molecule has 40 heavy (non-hydrogen) atoms. The van der Waals surface area contributed by atoms with Crippen molar-refractivity contribution in [2.75, 3.05) is 25.1 Å². The van der Waals surface area contributed by atoms with Gasteiger partial charge >= 0.3 is 7.60 Å². The topological polar surface area (TPSA) is 73.9 Å². The number of hydrogen-bond acceptors (Lipinski definition) is 5. The molecule has 0 radical (unpaired) electrons. The third-order valence-corrected chi connectivity index (χ3v) is 8.82. The molecule has 0 fully saturated rings. The molecule has 7 heteroatoms. The summed E-state index contributed by atoms with van der Waals surface area (Å²) < 4.78 is 30.2. The number of para-hydroxylation sites is 1. The molecule has 0 saturated carbocycles. The Morgan fingerprint density at radius 1 is 0.700 bits per heavy atom. The standard InChI is InChI=1S/C33H44NO5P/c1-4-7-8-9-10-11-12-15-26-37-30-24-22-28(23-25-30)27-18-20-29(21-19-27)33(35)34-31-16-13-14-17-32(31)40(36,38-5-2)39-6-3/h13-14,16-25H,4-12,15,26H2,1-3H3,(H,34,35). The minimum absolute atomic E-state index is 0.230. The van der Waals surface area contributed by atoms with Crippen molar-refractivity contribution in [3.63, 3.8) is 0 Å². The van der Waals surface area contributed by atoms with Gasteiger partial charge in [0.05, 0.1) is 30.8 Å². The fraction of sp³-hybridized carbons (Fsp3) is 0.424. The fourth-order valence-corrected chi connectivity index (χ4v) is 6.24. The minimum atomic E-state index is -3.55. The molecule has 0 spiro atoms. The zero-order valence-corrected chi connectivity index (χ0v) is 25.1. The van der Waals surface area contributed by atoms with Gasteiger partial charge in [-0.15, -0.1) is 0 Å². The lowest BCUT2D eigenvalue weighted by Gasteiger charge is -2.20. The summed E-state index contributed by atoms with van der Waals surface area (Å²) in [7, 11) is -3.55. The molecule has 0 heterocycles. The molecule has 0 bridgehead atoms. The van der Waals surface area contributed by atoms with E-state index in [9.17, 15) is 9.36 Å². The molecule has 0 saturated heterocycles. The van der Waals surface area contributed by atoms with Crippen LogP contribution in [0.5, 0.6) is 5.75 Å². The van der Waals surface area contributed by atoms with Gasteiger partial charge < -0.3 is 19.1 Å². The molecule has 0 aliphatic carbocycles. The Labute approximate surface area is 240 Å². The second-order valence-electron chi connectivity index (χ2n) is 9.73. The Balaban J connectivity index is 1.53. The SMILES string of the molecule is CCCCCCCCCCOc1ccc(-c2ccc(C(=O)Nc3ccccc3P(=O)(OCC)OCC)cc2)cc1. The van der Waals surface area contributed by atoms with E-state index in [-0.39, 0.29) is 19.1 Å². The quantitative estimate of drug-likeness (QED) is 0.123. The smallest absolute Gasteiger partial charge is 0.363 e. The lowest BCUT2D eigenvalue weighted by atomic mass is 10.0. The predicted molar refractivity (Wildman–Crippen MR) is 165 cm³/mol. The fourth-order valence-electron chi connectivity index (χ4n) is 4.51. The third-order valence-electron chi connectivity index (χ3n) is 6.65. The normalized spacial score (nSPS) is 11.4. The number of nitrogens with one attached hydrogen (secondary N) is 1. The molecule has 1 N–H and O–H groups in total. The number of amides is 1. The molecule has 3 aromatic rings. The van der Waals surface area contributed by atoms with Crippen LogP contribution in [0.2, 0.25) is 0 Å². The van der Waals surface area contributed by atoms with Crippen LogP contribution in [0.4, 0.5) is 5.69 Å². The predicted octanol–water partition coefficient (Wildman–Crippen LogP) is 9.02. The van der Waals surface area contributed by atoms with Gasteiger partial charge in [-0.05, 0) is 67.8 Å². The van der Waals surface area contributed by atoms with E-state index in [4.69, 9.17) is 13.8 Å². The van der Waals surface area contributed by atoms with Gasteiger partial charge in [0.2, 0.25) is 0 Å². The molecule has 3 aromatic carbocycles. The van der Waals surface area contributed by atoms with Crippen LogP contribution in [0.15, 0.2) is 72.8 Å².